The number of unbranched alkanes of at least 4 members (excludes halogenated alkanes) is 1. The van der Waals surface area contributed by atoms with Crippen molar-refractivity contribution in [3.8, 4) is 22.5 Å². The van der Waals surface area contributed by atoms with Crippen molar-refractivity contribution >= 4 is 86.6 Å². The topological polar surface area (TPSA) is 178 Å². The first kappa shape index (κ1) is 71.1. The molecule has 0 spiro atoms. The minimum Gasteiger partial charge on any atom is -0.757 e. The third-order valence-corrected chi connectivity index (χ3v) is 17.6. The average molecular weight is 1240 g/mol. The molecule has 0 amide bonds. The summed E-state index contributed by atoms with van der Waals surface area (Å²) in [5, 5.41) is 10.3. The van der Waals surface area contributed by atoms with Gasteiger partial charge in [0.05, 0.1) is 26.9 Å². The van der Waals surface area contributed by atoms with Gasteiger partial charge in [-0.15, -0.1) is 0 Å². The Bertz CT molecular complexity index is 4420. The minimum atomic E-state index is -4.54. The number of aryl methyl sites for hydroxylation is 2. The van der Waals surface area contributed by atoms with Crippen molar-refractivity contribution in [1.29, 1.82) is 0 Å². The number of carbonyl (C=O) groups is 1. The fourth-order valence-electron chi connectivity index (χ4n) is 12.6. The van der Waals surface area contributed by atoms with E-state index in [1.807, 2.05) is 118 Å². The Morgan fingerprint density at radius 3 is 2.07 bits per heavy atom. The predicted molar refractivity (Wildman–Crippen MR) is 356 cm³/mol. The van der Waals surface area contributed by atoms with E-state index in [2.05, 4.69) is 116 Å². The fraction of sp³-hybridized carbons (Fsp3) is 0.278. The van der Waals surface area contributed by atoms with Crippen LogP contribution in [0.4, 0.5) is 17.1 Å². The number of nitrogens with zero attached hydrogens (tertiary/aromatic N) is 3. The number of benzene rings is 7. The quantitative estimate of drug-likeness (QED) is 0.00912. The Labute approximate surface area is 565 Å². The average Bonchev–Trinajstić information content (AvgIpc) is 1.49. The summed E-state index contributed by atoms with van der Waals surface area (Å²) in [4.78, 5) is 22.5. The summed E-state index contributed by atoms with van der Waals surface area (Å²) in [6.07, 6.45) is 17.7. The van der Waals surface area contributed by atoms with Gasteiger partial charge in [0, 0.05) is 122 Å². The summed E-state index contributed by atoms with van der Waals surface area (Å²) < 4.78 is 78.1. The van der Waals surface area contributed by atoms with Crippen LogP contribution in [0.25, 0.3) is 55.0 Å². The van der Waals surface area contributed by atoms with Crippen LogP contribution >= 0.6 is 0 Å². The SMILES string of the molecule is C.C.CCN=c1cc2oc3cc(NCC)c(C)cc3c(-c3ccccc3C(=O)CC(/C=C/C=S(=O)([O-])O)N3\C(=C/C=C/C=C/C=C/C4=[N+](CCCCS(=O)(=O)[O-])c5ccc6ccccc6c5C4(C)C)C(C)(C)c4c3ccc3ccccc43)c-2cc1C.[Na+].[Na+]. The molecule has 6 aromatic rings. The Morgan fingerprint density at radius 2 is 1.39 bits per heavy atom. The van der Waals surface area contributed by atoms with Gasteiger partial charge in [-0.25, -0.2) is 8.42 Å². The van der Waals surface area contributed by atoms with Crippen LogP contribution in [0.5, 0.6) is 0 Å². The second-order valence-corrected chi connectivity index (χ2v) is 25.6. The monoisotopic (exact) mass is 1240 g/mol. The van der Waals surface area contributed by atoms with Crippen molar-refractivity contribution in [2.45, 2.75) is 106 Å². The van der Waals surface area contributed by atoms with Crippen LogP contribution in [0, 0.1) is 13.8 Å². The molecule has 2 atom stereocenters. The van der Waals surface area contributed by atoms with Crippen molar-refractivity contribution in [3.05, 3.63) is 215 Å². The number of Topliss-reactive ketones (excluding diaryl/α,β-unsaturated/α-hetero) is 1. The number of ketones is 1. The molecule has 88 heavy (non-hydrogen) atoms. The first-order valence-corrected chi connectivity index (χ1v) is 31.7. The largest absolute Gasteiger partial charge is 1.00 e. The molecule has 2 unspecified atom stereocenters. The Morgan fingerprint density at radius 1 is 0.739 bits per heavy atom. The van der Waals surface area contributed by atoms with Gasteiger partial charge >= 0.3 is 59.1 Å². The fourth-order valence-corrected chi connectivity index (χ4v) is 13.4. The van der Waals surface area contributed by atoms with Gasteiger partial charge in [0.1, 0.15) is 17.9 Å². The van der Waals surface area contributed by atoms with Crippen LogP contribution in [0.15, 0.2) is 191 Å². The van der Waals surface area contributed by atoms with Crippen LogP contribution in [0.1, 0.15) is 108 Å². The van der Waals surface area contributed by atoms with E-state index in [0.717, 1.165) is 106 Å². The smallest absolute Gasteiger partial charge is 0.757 e. The van der Waals surface area contributed by atoms with Crippen LogP contribution < -0.4 is 74.7 Å². The molecule has 0 radical (unpaired) electrons. The van der Waals surface area contributed by atoms with E-state index in [1.165, 1.54) is 11.6 Å². The van der Waals surface area contributed by atoms with Crippen molar-refractivity contribution in [2.75, 3.05) is 35.6 Å². The van der Waals surface area contributed by atoms with Crippen LogP contribution in [-0.4, -0.2) is 79.2 Å². The third-order valence-electron chi connectivity index (χ3n) is 16.3. The maximum absolute atomic E-state index is 15.6. The molecule has 0 bridgehead atoms. The number of fused-ring (bicyclic) bond motifs is 8. The molecule has 6 aromatic carbocycles. The van der Waals surface area contributed by atoms with E-state index < -0.39 is 42.8 Å². The van der Waals surface area contributed by atoms with Crippen molar-refractivity contribution in [1.82, 2.24) is 0 Å². The zero-order valence-corrected chi connectivity index (χ0v) is 56.4. The molecule has 0 aromatic heterocycles. The van der Waals surface area contributed by atoms with Gasteiger partial charge in [-0.2, -0.15) is 4.58 Å². The van der Waals surface area contributed by atoms with E-state index in [4.69, 9.17) is 9.41 Å². The molecule has 0 saturated heterocycles. The summed E-state index contributed by atoms with van der Waals surface area (Å²) in [6.45, 7) is 18.7. The number of allylic oxidation sites excluding steroid dienone is 9. The second-order valence-electron chi connectivity index (χ2n) is 22.7. The molecule has 0 fully saturated rings. The standard InChI is InChI=1S/C70H72N4O8S2.2CH4.2Na/c1-9-71-57-44-62-55(41-46(57)3)66(56-42-47(4)58(72-10-2)45-63(56)82-62)54-31-21-20-30-53(54)61(75)43-50(27-24-40-84(79,80)81)74-60-37-35-49-26-17-19-29-52(49)68(60)70(7,8)65(74)33-15-13-11-12-14-32-64-69(5,6)67-51-28-18-16-25-48(51)34-36-59(67)73(64)38-22-23-39-83(76,77)78;;;;/h11-21,24-37,40-42,44-45,50H,9-10,22-23,38-39,43H2,1-8H3,(H3-,71,72,76,77,78,79,80,81);2*1H4;;/q;;;2*+1/p-1/b27-24+;;;;. The zero-order valence-electron chi connectivity index (χ0n) is 50.8. The Balaban J connectivity index is 0.00000309. The second kappa shape index (κ2) is 29.3. The van der Waals surface area contributed by atoms with Crippen molar-refractivity contribution in [2.24, 2.45) is 4.99 Å². The van der Waals surface area contributed by atoms with Gasteiger partial charge in [-0.05, 0) is 122 Å². The normalized spacial score (nSPS) is 16.1. The summed E-state index contributed by atoms with van der Waals surface area (Å²) in [5.41, 5.74) is 11.5. The number of carbonyl (C=O) groups excluding carboxylic acids is 1. The maximum Gasteiger partial charge on any atom is 1.00 e. The molecule has 2 N–H and O–H groups in total. The van der Waals surface area contributed by atoms with Gasteiger partial charge in [-0.3, -0.25) is 14.0 Å². The van der Waals surface area contributed by atoms with Gasteiger partial charge in [0.2, 0.25) is 5.69 Å². The third kappa shape index (κ3) is 14.8. The Kier molecular flexibility index (Phi) is 23.7. The minimum absolute atomic E-state index is 0. The van der Waals surface area contributed by atoms with Crippen LogP contribution in [0.3, 0.4) is 0 Å². The number of rotatable bonds is 19. The molecule has 4 aliphatic rings. The van der Waals surface area contributed by atoms with Crippen LogP contribution in [-0.2, 0) is 31.0 Å². The van der Waals surface area contributed by atoms with Gasteiger partial charge < -0.3 is 28.3 Å². The van der Waals surface area contributed by atoms with Gasteiger partial charge in [0.25, 0.3) is 0 Å². The molecule has 3 aliphatic heterocycles. The molecule has 16 heteroatoms. The van der Waals surface area contributed by atoms with E-state index in [0.29, 0.717) is 36.4 Å². The molecule has 10 rings (SSSR count). The first-order chi connectivity index (χ1) is 40.1. The van der Waals surface area contributed by atoms with E-state index in [9.17, 15) is 26.3 Å². The molecular weight excluding hydrogens is 1160 g/mol. The van der Waals surface area contributed by atoms with E-state index in [1.54, 1.807) is 6.08 Å². The Hall–Kier alpha value is -5.98. The van der Waals surface area contributed by atoms with Gasteiger partial charge in [-0.1, -0.05) is 150 Å². The maximum atomic E-state index is 15.6. The molecule has 1 aliphatic carbocycles. The molecule has 448 valence electrons. The molecule has 12 nitrogen and oxygen atoms in total. The number of nitrogens with one attached hydrogen (secondary N) is 1. The van der Waals surface area contributed by atoms with E-state index in [-0.39, 0.29) is 92.6 Å². The summed E-state index contributed by atoms with van der Waals surface area (Å²) in [7, 11) is -8.87. The predicted octanol–water partition coefficient (Wildman–Crippen LogP) is 9.70. The van der Waals surface area contributed by atoms with Crippen molar-refractivity contribution < 1.29 is 99.2 Å². The van der Waals surface area contributed by atoms with Gasteiger partial charge in [0.15, 0.2) is 11.5 Å². The van der Waals surface area contributed by atoms with Crippen molar-refractivity contribution in [3.63, 3.8) is 0 Å². The zero-order chi connectivity index (χ0) is 59.7. The molecule has 0 saturated carbocycles. The number of hydrogen-bond acceptors (Lipinski definition) is 10. The number of hydrogen-bond donors (Lipinski definition) is 2. The summed E-state index contributed by atoms with van der Waals surface area (Å²) in [5.74, 6) is 0.0407. The molecule has 3 heterocycles. The summed E-state index contributed by atoms with van der Waals surface area (Å²) in [6, 6.07) is 39.9. The first-order valence-electron chi connectivity index (χ1n) is 28.6. The summed E-state index contributed by atoms with van der Waals surface area (Å²) >= 11 is 0. The van der Waals surface area contributed by atoms with E-state index >= 15 is 4.79 Å². The van der Waals surface area contributed by atoms with Crippen LogP contribution in [0.2, 0.25) is 0 Å². The number of anilines is 2. The molecular formula is C72H79N4Na2O8S2+.